The molecule has 36 heavy (non-hydrogen) atoms. The van der Waals surface area contributed by atoms with Crippen LogP contribution in [0.4, 0.5) is 0 Å². The van der Waals surface area contributed by atoms with E-state index in [0.717, 1.165) is 48.5 Å². The number of likely N-dealkylation sites (tertiary alicyclic amines) is 1. The lowest BCUT2D eigenvalue weighted by atomic mass is 9.48. The van der Waals surface area contributed by atoms with E-state index >= 15 is 0 Å². The minimum atomic E-state index is -0.965. The van der Waals surface area contributed by atoms with Gasteiger partial charge < -0.3 is 20.1 Å². The van der Waals surface area contributed by atoms with E-state index in [1.165, 1.54) is 12.8 Å². The van der Waals surface area contributed by atoms with Crippen molar-refractivity contribution in [3.63, 3.8) is 0 Å². The number of aliphatic hydroxyl groups is 1. The SMILES string of the molecule is O=C(O)[C@H](Cc1ccccc1)N[C@@H]1CC[C@@]2(O)C3Cc4ccc(O)c5c4[C@@]2(CCN3CC2CC2)[C@H]1O5. The van der Waals surface area contributed by atoms with Crippen molar-refractivity contribution in [3.8, 4) is 11.5 Å². The van der Waals surface area contributed by atoms with Gasteiger partial charge >= 0.3 is 5.97 Å². The summed E-state index contributed by atoms with van der Waals surface area (Å²) in [5, 5.41) is 36.9. The molecule has 4 N–H and O–H groups in total. The fourth-order valence-electron chi connectivity index (χ4n) is 7.98. The van der Waals surface area contributed by atoms with Gasteiger partial charge in [-0.1, -0.05) is 36.4 Å². The molecule has 1 spiro atoms. The highest BCUT2D eigenvalue weighted by molar-refractivity contribution is 5.74. The van der Waals surface area contributed by atoms with Gasteiger partial charge in [0.05, 0.1) is 11.0 Å². The number of nitrogens with one attached hydrogen (secondary N) is 1. The zero-order valence-corrected chi connectivity index (χ0v) is 20.4. The molecule has 0 radical (unpaired) electrons. The third-order valence-corrected chi connectivity index (χ3v) is 9.76. The fraction of sp³-hybridized carbons (Fsp3) is 0.552. The lowest BCUT2D eigenvalue weighted by Crippen LogP contribution is -2.78. The summed E-state index contributed by atoms with van der Waals surface area (Å²) in [6, 6.07) is 12.4. The predicted octanol–water partition coefficient (Wildman–Crippen LogP) is 2.61. The minimum absolute atomic E-state index is 0.0153. The monoisotopic (exact) mass is 490 g/mol. The Labute approximate surface area is 211 Å². The second kappa shape index (κ2) is 7.94. The van der Waals surface area contributed by atoms with Crippen LogP contribution in [0.5, 0.6) is 11.5 Å². The van der Waals surface area contributed by atoms with Gasteiger partial charge in [0, 0.05) is 24.2 Å². The molecular formula is C29H34N2O5. The summed E-state index contributed by atoms with van der Waals surface area (Å²) in [6.07, 6.45) is 5.21. The third kappa shape index (κ3) is 3.12. The van der Waals surface area contributed by atoms with E-state index in [-0.39, 0.29) is 17.8 Å². The molecule has 2 saturated carbocycles. The Morgan fingerprint density at radius 2 is 1.94 bits per heavy atom. The number of hydrogen-bond donors (Lipinski definition) is 4. The zero-order valence-electron chi connectivity index (χ0n) is 20.4. The first-order valence-corrected chi connectivity index (χ1v) is 13.4. The number of rotatable bonds is 7. The molecule has 2 aromatic carbocycles. The van der Waals surface area contributed by atoms with Crippen molar-refractivity contribution in [2.75, 3.05) is 13.1 Å². The van der Waals surface area contributed by atoms with Gasteiger partial charge in [-0.3, -0.25) is 15.0 Å². The Balaban J connectivity index is 1.26. The average Bonchev–Trinajstić information content (AvgIpc) is 3.61. The van der Waals surface area contributed by atoms with Gasteiger partial charge in [-0.25, -0.2) is 0 Å². The first-order chi connectivity index (χ1) is 17.4. The summed E-state index contributed by atoms with van der Waals surface area (Å²) in [5.74, 6) is 0.449. The first kappa shape index (κ1) is 22.6. The van der Waals surface area contributed by atoms with Crippen LogP contribution in [0.25, 0.3) is 0 Å². The van der Waals surface area contributed by atoms with E-state index in [4.69, 9.17) is 4.74 Å². The minimum Gasteiger partial charge on any atom is -0.504 e. The maximum absolute atomic E-state index is 12.6. The molecule has 2 bridgehead atoms. The number of carboxylic acid groups (broad SMARTS) is 1. The van der Waals surface area contributed by atoms with E-state index in [0.29, 0.717) is 25.0 Å². The number of piperidine rings is 1. The van der Waals surface area contributed by atoms with Crippen molar-refractivity contribution in [2.45, 2.75) is 80.2 Å². The number of carbonyl (C=O) groups is 1. The Morgan fingerprint density at radius 1 is 1.14 bits per heavy atom. The molecule has 2 heterocycles. The molecule has 6 atom stereocenters. The molecule has 7 heteroatoms. The van der Waals surface area contributed by atoms with Gasteiger partial charge in [0.1, 0.15) is 12.1 Å². The lowest BCUT2D eigenvalue weighted by Gasteiger charge is -2.64. The summed E-state index contributed by atoms with van der Waals surface area (Å²) in [4.78, 5) is 14.8. The van der Waals surface area contributed by atoms with Crippen LogP contribution in [-0.4, -0.2) is 69.1 Å². The molecule has 3 fully saturated rings. The van der Waals surface area contributed by atoms with Gasteiger partial charge in [-0.2, -0.15) is 0 Å². The molecule has 0 amide bonds. The normalized spacial score (nSPS) is 35.1. The van der Waals surface area contributed by atoms with Crippen LogP contribution in [0.15, 0.2) is 42.5 Å². The molecule has 2 aliphatic heterocycles. The van der Waals surface area contributed by atoms with Crippen LogP contribution < -0.4 is 10.1 Å². The van der Waals surface area contributed by atoms with Crippen molar-refractivity contribution in [1.29, 1.82) is 0 Å². The van der Waals surface area contributed by atoms with Crippen molar-refractivity contribution >= 4 is 5.97 Å². The number of phenols is 1. The lowest BCUT2D eigenvalue weighted by molar-refractivity contribution is -0.192. The number of ether oxygens (including phenoxy) is 1. The Hall–Kier alpha value is -2.61. The number of phenolic OH excluding ortho intramolecular Hbond substituents is 1. The number of benzene rings is 2. The van der Waals surface area contributed by atoms with E-state index in [1.54, 1.807) is 6.07 Å². The Kier molecular flexibility index (Phi) is 4.98. The van der Waals surface area contributed by atoms with Crippen LogP contribution in [0.3, 0.4) is 0 Å². The highest BCUT2D eigenvalue weighted by Gasteiger charge is 2.73. The molecule has 7 rings (SSSR count). The molecule has 7 nitrogen and oxygen atoms in total. The largest absolute Gasteiger partial charge is 0.504 e. The molecule has 1 saturated heterocycles. The second-order valence-corrected chi connectivity index (χ2v) is 11.7. The van der Waals surface area contributed by atoms with Gasteiger partial charge in [0.25, 0.3) is 0 Å². The highest BCUT2D eigenvalue weighted by atomic mass is 16.5. The Bertz CT molecular complexity index is 1200. The van der Waals surface area contributed by atoms with Crippen LogP contribution in [0.1, 0.15) is 48.8 Å². The van der Waals surface area contributed by atoms with Gasteiger partial charge in [0.2, 0.25) is 0 Å². The fourth-order valence-corrected chi connectivity index (χ4v) is 7.98. The number of aliphatic carboxylic acids is 1. The van der Waals surface area contributed by atoms with Crippen LogP contribution in [-0.2, 0) is 23.1 Å². The van der Waals surface area contributed by atoms with Crippen molar-refractivity contribution in [3.05, 3.63) is 59.2 Å². The number of carboxylic acids is 1. The summed E-state index contributed by atoms with van der Waals surface area (Å²) in [7, 11) is 0. The molecule has 1 unspecified atom stereocenters. The molecule has 2 aromatic rings. The summed E-state index contributed by atoms with van der Waals surface area (Å²) >= 11 is 0. The van der Waals surface area contributed by atoms with Gasteiger partial charge in [0.15, 0.2) is 11.5 Å². The van der Waals surface area contributed by atoms with Gasteiger partial charge in [-0.15, -0.1) is 0 Å². The molecule has 5 aliphatic rings. The van der Waals surface area contributed by atoms with Crippen LogP contribution >= 0.6 is 0 Å². The average molecular weight is 491 g/mol. The quantitative estimate of drug-likeness (QED) is 0.473. The summed E-state index contributed by atoms with van der Waals surface area (Å²) < 4.78 is 6.56. The van der Waals surface area contributed by atoms with E-state index < -0.39 is 29.1 Å². The van der Waals surface area contributed by atoms with Crippen LogP contribution in [0, 0.1) is 5.92 Å². The second-order valence-electron chi connectivity index (χ2n) is 11.7. The van der Waals surface area contributed by atoms with E-state index in [2.05, 4.69) is 10.2 Å². The van der Waals surface area contributed by atoms with Crippen LogP contribution in [0.2, 0.25) is 0 Å². The van der Waals surface area contributed by atoms with Crippen molar-refractivity contribution in [1.82, 2.24) is 10.2 Å². The summed E-state index contributed by atoms with van der Waals surface area (Å²) in [5.41, 5.74) is 1.47. The Morgan fingerprint density at radius 3 is 2.69 bits per heavy atom. The molecule has 0 aromatic heterocycles. The van der Waals surface area contributed by atoms with Crippen molar-refractivity contribution < 1.29 is 24.9 Å². The van der Waals surface area contributed by atoms with E-state index in [9.17, 15) is 20.1 Å². The standard InChI is InChI=1S/C29H34N2O5/c32-22-9-8-19-15-23-29(35)11-10-20(30-21(27(33)34)14-17-4-2-1-3-5-17)26-28(29,24(19)25(22)36-26)12-13-31(23)16-18-6-7-18/h1-5,8-9,18,20-21,23,26,30,32,35H,6-7,10-16H2,(H,33,34)/t20-,21+,23?,26+,28+,29-/m1/s1. The smallest absolute Gasteiger partial charge is 0.321 e. The highest BCUT2D eigenvalue weighted by Crippen LogP contribution is 2.65. The number of aromatic hydroxyl groups is 1. The third-order valence-electron chi connectivity index (χ3n) is 9.76. The zero-order chi connectivity index (χ0) is 24.7. The molecular weight excluding hydrogens is 456 g/mol. The molecule has 190 valence electrons. The van der Waals surface area contributed by atoms with Gasteiger partial charge in [-0.05, 0) is 74.6 Å². The number of nitrogens with zero attached hydrogens (tertiary/aromatic N) is 1. The maximum atomic E-state index is 12.6. The topological polar surface area (TPSA) is 102 Å². The number of hydrogen-bond acceptors (Lipinski definition) is 6. The van der Waals surface area contributed by atoms with E-state index in [1.807, 2.05) is 36.4 Å². The molecule has 3 aliphatic carbocycles. The predicted molar refractivity (Wildman–Crippen MR) is 133 cm³/mol. The van der Waals surface area contributed by atoms with Crippen molar-refractivity contribution in [2.24, 2.45) is 5.92 Å². The summed E-state index contributed by atoms with van der Waals surface area (Å²) in [6.45, 7) is 1.92. The first-order valence-electron chi connectivity index (χ1n) is 13.4. The maximum Gasteiger partial charge on any atom is 0.321 e.